The third-order valence-corrected chi connectivity index (χ3v) is 4.43. The molecule has 1 amide bonds. The van der Waals surface area contributed by atoms with Crippen LogP contribution in [0.4, 0.5) is 0 Å². The molecule has 1 aliphatic heterocycles. The molecule has 1 fully saturated rings. The lowest BCUT2D eigenvalue weighted by molar-refractivity contribution is -0.128. The molecular weight excluding hydrogens is 296 g/mol. The van der Waals surface area contributed by atoms with Gasteiger partial charge in [-0.15, -0.1) is 0 Å². The SMILES string of the molecule is C/C(=C\c1ccccc1)C(=O)N1CCN(Cc2ccccc2)CC1. The van der Waals surface area contributed by atoms with Crippen molar-refractivity contribution in [3.63, 3.8) is 0 Å². The summed E-state index contributed by atoms with van der Waals surface area (Å²) in [4.78, 5) is 17.0. The van der Waals surface area contributed by atoms with Crippen molar-refractivity contribution >= 4 is 12.0 Å². The highest BCUT2D eigenvalue weighted by Crippen LogP contribution is 2.13. The normalized spacial score (nSPS) is 16.2. The van der Waals surface area contributed by atoms with Crippen molar-refractivity contribution < 1.29 is 4.79 Å². The van der Waals surface area contributed by atoms with E-state index in [9.17, 15) is 4.79 Å². The first-order valence-electron chi connectivity index (χ1n) is 8.51. The van der Waals surface area contributed by atoms with Crippen LogP contribution in [0.5, 0.6) is 0 Å². The smallest absolute Gasteiger partial charge is 0.249 e. The van der Waals surface area contributed by atoms with E-state index in [0.717, 1.165) is 43.9 Å². The van der Waals surface area contributed by atoms with Crippen LogP contribution < -0.4 is 0 Å². The summed E-state index contributed by atoms with van der Waals surface area (Å²) in [6.07, 6.45) is 1.97. The van der Waals surface area contributed by atoms with Crippen LogP contribution in [0.1, 0.15) is 18.1 Å². The minimum absolute atomic E-state index is 0.151. The summed E-state index contributed by atoms with van der Waals surface area (Å²) < 4.78 is 0. The zero-order chi connectivity index (χ0) is 16.8. The van der Waals surface area contributed by atoms with E-state index in [1.807, 2.05) is 54.3 Å². The van der Waals surface area contributed by atoms with E-state index in [4.69, 9.17) is 0 Å². The summed E-state index contributed by atoms with van der Waals surface area (Å²) in [5.41, 5.74) is 3.21. The Labute approximate surface area is 144 Å². The molecule has 24 heavy (non-hydrogen) atoms. The van der Waals surface area contributed by atoms with Gasteiger partial charge in [0.2, 0.25) is 5.91 Å². The Morgan fingerprint density at radius 2 is 1.50 bits per heavy atom. The van der Waals surface area contributed by atoms with Crippen molar-refractivity contribution in [1.29, 1.82) is 0 Å². The summed E-state index contributed by atoms with van der Waals surface area (Å²) in [6, 6.07) is 20.5. The molecule has 2 aromatic rings. The second kappa shape index (κ2) is 7.93. The maximum atomic E-state index is 12.6. The van der Waals surface area contributed by atoms with Crippen LogP contribution in [0, 0.1) is 0 Å². The Balaban J connectivity index is 1.54. The second-order valence-electron chi connectivity index (χ2n) is 6.29. The third-order valence-electron chi connectivity index (χ3n) is 4.43. The summed E-state index contributed by atoms with van der Waals surface area (Å²) >= 11 is 0. The maximum Gasteiger partial charge on any atom is 0.249 e. The van der Waals surface area contributed by atoms with Gasteiger partial charge in [0.15, 0.2) is 0 Å². The molecule has 1 aliphatic rings. The van der Waals surface area contributed by atoms with Crippen LogP contribution in [0.15, 0.2) is 66.2 Å². The molecular formula is C21H24N2O. The maximum absolute atomic E-state index is 12.6. The van der Waals surface area contributed by atoms with Crippen molar-refractivity contribution in [2.45, 2.75) is 13.5 Å². The number of hydrogen-bond acceptors (Lipinski definition) is 2. The van der Waals surface area contributed by atoms with Gasteiger partial charge >= 0.3 is 0 Å². The van der Waals surface area contributed by atoms with E-state index in [1.165, 1.54) is 5.56 Å². The first-order chi connectivity index (χ1) is 11.7. The van der Waals surface area contributed by atoms with Gasteiger partial charge in [-0.25, -0.2) is 0 Å². The molecule has 0 N–H and O–H groups in total. The molecule has 0 saturated carbocycles. The van der Waals surface area contributed by atoms with Gasteiger partial charge in [0.1, 0.15) is 0 Å². The molecule has 0 aliphatic carbocycles. The van der Waals surface area contributed by atoms with Crippen molar-refractivity contribution in [3.05, 3.63) is 77.4 Å². The Kier molecular flexibility index (Phi) is 5.44. The average Bonchev–Trinajstić information content (AvgIpc) is 2.63. The minimum Gasteiger partial charge on any atom is -0.336 e. The molecule has 0 atom stereocenters. The molecule has 0 radical (unpaired) electrons. The molecule has 0 unspecified atom stereocenters. The Bertz CT molecular complexity index is 686. The highest BCUT2D eigenvalue weighted by Gasteiger charge is 2.21. The fourth-order valence-electron chi connectivity index (χ4n) is 3.06. The number of nitrogens with zero attached hydrogens (tertiary/aromatic N) is 2. The van der Waals surface area contributed by atoms with Crippen LogP contribution >= 0.6 is 0 Å². The number of carbonyl (C=O) groups is 1. The van der Waals surface area contributed by atoms with E-state index in [0.29, 0.717) is 0 Å². The highest BCUT2D eigenvalue weighted by atomic mass is 16.2. The number of amides is 1. The Morgan fingerprint density at radius 3 is 2.12 bits per heavy atom. The van der Waals surface area contributed by atoms with Crippen molar-refractivity contribution in [2.24, 2.45) is 0 Å². The monoisotopic (exact) mass is 320 g/mol. The van der Waals surface area contributed by atoms with E-state index in [2.05, 4.69) is 29.2 Å². The lowest BCUT2D eigenvalue weighted by atomic mass is 10.1. The molecule has 0 aromatic heterocycles. The molecule has 2 aromatic carbocycles. The quantitative estimate of drug-likeness (QED) is 0.806. The van der Waals surface area contributed by atoms with Gasteiger partial charge in [0, 0.05) is 38.3 Å². The molecule has 0 bridgehead atoms. The van der Waals surface area contributed by atoms with Crippen molar-refractivity contribution in [3.8, 4) is 0 Å². The fraction of sp³-hybridized carbons (Fsp3) is 0.286. The van der Waals surface area contributed by atoms with E-state index in [1.54, 1.807) is 0 Å². The summed E-state index contributed by atoms with van der Waals surface area (Å²) in [5.74, 6) is 0.151. The predicted octanol–water partition coefficient (Wildman–Crippen LogP) is 3.43. The number of hydrogen-bond donors (Lipinski definition) is 0. The van der Waals surface area contributed by atoms with Crippen LogP contribution in [0.2, 0.25) is 0 Å². The molecule has 0 spiro atoms. The molecule has 124 valence electrons. The second-order valence-corrected chi connectivity index (χ2v) is 6.29. The zero-order valence-electron chi connectivity index (χ0n) is 14.2. The lowest BCUT2D eigenvalue weighted by Crippen LogP contribution is -2.48. The van der Waals surface area contributed by atoms with Crippen LogP contribution in [0.3, 0.4) is 0 Å². The van der Waals surface area contributed by atoms with E-state index < -0.39 is 0 Å². The predicted molar refractivity (Wildman–Crippen MR) is 98.4 cm³/mol. The van der Waals surface area contributed by atoms with Gasteiger partial charge in [0.25, 0.3) is 0 Å². The molecule has 3 nitrogen and oxygen atoms in total. The zero-order valence-corrected chi connectivity index (χ0v) is 14.2. The highest BCUT2D eigenvalue weighted by molar-refractivity contribution is 5.97. The first kappa shape index (κ1) is 16.5. The first-order valence-corrected chi connectivity index (χ1v) is 8.51. The van der Waals surface area contributed by atoms with Crippen LogP contribution in [0.25, 0.3) is 6.08 Å². The van der Waals surface area contributed by atoms with Gasteiger partial charge in [-0.05, 0) is 24.1 Å². The number of piperazine rings is 1. The van der Waals surface area contributed by atoms with E-state index >= 15 is 0 Å². The number of carbonyl (C=O) groups excluding carboxylic acids is 1. The van der Waals surface area contributed by atoms with Crippen LogP contribution in [-0.4, -0.2) is 41.9 Å². The lowest BCUT2D eigenvalue weighted by Gasteiger charge is -2.35. The van der Waals surface area contributed by atoms with Crippen molar-refractivity contribution in [2.75, 3.05) is 26.2 Å². The van der Waals surface area contributed by atoms with E-state index in [-0.39, 0.29) is 5.91 Å². The Hall–Kier alpha value is -2.39. The molecule has 1 saturated heterocycles. The van der Waals surface area contributed by atoms with Crippen LogP contribution in [-0.2, 0) is 11.3 Å². The van der Waals surface area contributed by atoms with Crippen molar-refractivity contribution in [1.82, 2.24) is 9.80 Å². The average molecular weight is 320 g/mol. The summed E-state index contributed by atoms with van der Waals surface area (Å²) in [5, 5.41) is 0. The molecule has 1 heterocycles. The number of benzene rings is 2. The standard InChI is InChI=1S/C21H24N2O/c1-18(16-19-8-4-2-5-9-19)21(24)23-14-12-22(13-15-23)17-20-10-6-3-7-11-20/h2-11,16H,12-15,17H2,1H3/b18-16+. The minimum atomic E-state index is 0.151. The van der Waals surface area contributed by atoms with Gasteiger partial charge in [-0.2, -0.15) is 0 Å². The van der Waals surface area contributed by atoms with Gasteiger partial charge in [-0.1, -0.05) is 60.7 Å². The van der Waals surface area contributed by atoms with Gasteiger partial charge in [-0.3, -0.25) is 9.69 Å². The molecule has 3 heteroatoms. The summed E-state index contributed by atoms with van der Waals surface area (Å²) in [7, 11) is 0. The third kappa shape index (κ3) is 4.33. The topological polar surface area (TPSA) is 23.6 Å². The largest absolute Gasteiger partial charge is 0.336 e. The fourth-order valence-corrected chi connectivity index (χ4v) is 3.06. The molecule has 3 rings (SSSR count). The summed E-state index contributed by atoms with van der Waals surface area (Å²) in [6.45, 7) is 6.32. The van der Waals surface area contributed by atoms with Gasteiger partial charge in [0.05, 0.1) is 0 Å². The van der Waals surface area contributed by atoms with Gasteiger partial charge < -0.3 is 4.90 Å². The Morgan fingerprint density at radius 1 is 0.917 bits per heavy atom. The number of rotatable bonds is 4.